The molecule has 6 heteroatoms. The van der Waals surface area contributed by atoms with Crippen molar-refractivity contribution in [1.82, 2.24) is 0 Å². The van der Waals surface area contributed by atoms with Crippen LogP contribution in [0.15, 0.2) is 12.1 Å². The molecule has 3 nitrogen and oxygen atoms in total. The van der Waals surface area contributed by atoms with E-state index >= 15 is 0 Å². The van der Waals surface area contributed by atoms with Crippen molar-refractivity contribution in [3.05, 3.63) is 23.8 Å². The van der Waals surface area contributed by atoms with Crippen molar-refractivity contribution in [1.29, 1.82) is 0 Å². The maximum atomic E-state index is 12.8. The zero-order valence-corrected chi connectivity index (χ0v) is 7.69. The highest BCUT2D eigenvalue weighted by Gasteiger charge is 2.18. The highest BCUT2D eigenvalue weighted by molar-refractivity contribution is 7.65. The molecule has 1 atom stereocenters. The molecule has 72 valence electrons. The van der Waals surface area contributed by atoms with Crippen LogP contribution in [-0.2, 0) is 4.57 Å². The molecule has 0 aromatic heterocycles. The van der Waals surface area contributed by atoms with Crippen molar-refractivity contribution in [2.24, 2.45) is 0 Å². The van der Waals surface area contributed by atoms with Gasteiger partial charge in [0.25, 0.3) is 0 Å². The molecule has 0 amide bonds. The monoisotopic (exact) mass is 207 g/mol. The smallest absolute Gasteiger partial charge is 0.226 e. The van der Waals surface area contributed by atoms with Gasteiger partial charge >= 0.3 is 0 Å². The minimum absolute atomic E-state index is 0.281. The zero-order chi connectivity index (χ0) is 10.2. The van der Waals surface area contributed by atoms with Crippen molar-refractivity contribution in [3.63, 3.8) is 0 Å². The number of halogens is 2. The molecule has 0 saturated carbocycles. The maximum absolute atomic E-state index is 12.8. The molecule has 0 fully saturated rings. The topological polar surface area (TPSA) is 63.3 Å². The van der Waals surface area contributed by atoms with Crippen LogP contribution in [-0.4, -0.2) is 11.6 Å². The molecule has 0 aliphatic carbocycles. The van der Waals surface area contributed by atoms with Gasteiger partial charge in [-0.25, -0.2) is 8.78 Å². The summed E-state index contributed by atoms with van der Waals surface area (Å²) in [4.78, 5) is 9.01. The summed E-state index contributed by atoms with van der Waals surface area (Å²) in [6.07, 6.45) is 0. The van der Waals surface area contributed by atoms with E-state index in [-0.39, 0.29) is 5.30 Å². The summed E-state index contributed by atoms with van der Waals surface area (Å²) in [6.45, 7) is 0.997. The fourth-order valence-corrected chi connectivity index (χ4v) is 1.52. The highest BCUT2D eigenvalue weighted by atomic mass is 31.2. The Bertz CT molecular complexity index is 365. The molecule has 0 aliphatic heterocycles. The van der Waals surface area contributed by atoms with Gasteiger partial charge < -0.3 is 10.6 Å². The number of hydrogen-bond acceptors (Lipinski definition) is 2. The first-order valence-corrected chi connectivity index (χ1v) is 5.48. The van der Waals surface area contributed by atoms with Gasteiger partial charge in [-0.1, -0.05) is 0 Å². The fraction of sp³-hybridized carbons (Fsp3) is 0.143. The van der Waals surface area contributed by atoms with Crippen molar-refractivity contribution in [3.8, 4) is 0 Å². The Balaban J connectivity index is 3.38. The Kier molecular flexibility index (Phi) is 2.41. The van der Waals surface area contributed by atoms with Gasteiger partial charge in [-0.15, -0.1) is 0 Å². The van der Waals surface area contributed by atoms with E-state index in [9.17, 15) is 13.3 Å². The van der Waals surface area contributed by atoms with Gasteiger partial charge in [-0.2, -0.15) is 0 Å². The van der Waals surface area contributed by atoms with Gasteiger partial charge in [0.2, 0.25) is 7.37 Å². The molecule has 0 aliphatic rings. The van der Waals surface area contributed by atoms with Gasteiger partial charge in [0.1, 0.15) is 17.3 Å². The molecule has 13 heavy (non-hydrogen) atoms. The lowest BCUT2D eigenvalue weighted by Gasteiger charge is -2.07. The Morgan fingerprint density at radius 2 is 1.77 bits per heavy atom. The van der Waals surface area contributed by atoms with Crippen molar-refractivity contribution in [2.75, 3.05) is 12.4 Å². The van der Waals surface area contributed by atoms with Gasteiger partial charge in [-0.05, 0) is 12.1 Å². The van der Waals surface area contributed by atoms with E-state index < -0.39 is 24.7 Å². The summed E-state index contributed by atoms with van der Waals surface area (Å²) in [5.74, 6) is -2.04. The average molecular weight is 207 g/mol. The van der Waals surface area contributed by atoms with E-state index in [0.29, 0.717) is 0 Å². The van der Waals surface area contributed by atoms with E-state index in [1.807, 2.05) is 0 Å². The van der Waals surface area contributed by atoms with E-state index in [2.05, 4.69) is 0 Å². The third-order valence-electron chi connectivity index (χ3n) is 1.54. The minimum atomic E-state index is -3.63. The number of benzene rings is 1. The van der Waals surface area contributed by atoms with Crippen LogP contribution < -0.4 is 11.0 Å². The van der Waals surface area contributed by atoms with Gasteiger partial charge in [0, 0.05) is 12.0 Å². The lowest BCUT2D eigenvalue weighted by atomic mass is 10.3. The average Bonchev–Trinajstić information content (AvgIpc) is 1.97. The van der Waals surface area contributed by atoms with Crippen LogP contribution in [0.25, 0.3) is 0 Å². The molecular formula is C7H8F2NO2P. The van der Waals surface area contributed by atoms with E-state index in [1.165, 1.54) is 0 Å². The van der Waals surface area contributed by atoms with Crippen LogP contribution in [0.4, 0.5) is 14.5 Å². The maximum Gasteiger partial charge on any atom is 0.226 e. The number of nitrogen functional groups attached to an aromatic ring is 1. The lowest BCUT2D eigenvalue weighted by Crippen LogP contribution is -2.08. The van der Waals surface area contributed by atoms with E-state index in [1.54, 1.807) is 0 Å². The van der Waals surface area contributed by atoms with Crippen LogP contribution in [0.3, 0.4) is 0 Å². The SMILES string of the molecule is CP(=O)(O)c1cc(F)c(N)c(F)c1. The number of nitrogens with two attached hydrogens (primary N) is 1. The molecule has 0 heterocycles. The van der Waals surface area contributed by atoms with Gasteiger partial charge in [0.05, 0.1) is 0 Å². The second-order valence-electron chi connectivity index (χ2n) is 2.70. The lowest BCUT2D eigenvalue weighted by molar-refractivity contribution is 0.495. The number of hydrogen-bond donors (Lipinski definition) is 2. The first kappa shape index (κ1) is 10.2. The van der Waals surface area contributed by atoms with Crippen LogP contribution in [0.1, 0.15) is 0 Å². The second kappa shape index (κ2) is 3.09. The third kappa shape index (κ3) is 2.05. The van der Waals surface area contributed by atoms with Crippen LogP contribution in [0, 0.1) is 11.6 Å². The predicted octanol–water partition coefficient (Wildman–Crippen LogP) is 1.07. The van der Waals surface area contributed by atoms with Gasteiger partial charge in [-0.3, -0.25) is 4.57 Å². The van der Waals surface area contributed by atoms with Crippen LogP contribution in [0.5, 0.6) is 0 Å². The summed E-state index contributed by atoms with van der Waals surface area (Å²) in [7, 11) is -3.63. The molecule has 0 saturated heterocycles. The molecule has 1 aromatic rings. The minimum Gasteiger partial charge on any atom is -0.394 e. The summed E-state index contributed by atoms with van der Waals surface area (Å²) >= 11 is 0. The number of anilines is 1. The Morgan fingerprint density at radius 1 is 1.38 bits per heavy atom. The largest absolute Gasteiger partial charge is 0.394 e. The standard InChI is InChI=1S/C7H8F2NO2P/c1-13(11,12)4-2-5(8)7(10)6(9)3-4/h2-3H,10H2,1H3,(H,11,12). The first-order valence-electron chi connectivity index (χ1n) is 3.37. The van der Waals surface area contributed by atoms with Gasteiger partial charge in [0.15, 0.2) is 0 Å². The molecule has 0 radical (unpaired) electrons. The Morgan fingerprint density at radius 3 is 2.08 bits per heavy atom. The Hall–Kier alpha value is -0.930. The molecule has 3 N–H and O–H groups in total. The quantitative estimate of drug-likeness (QED) is 0.534. The summed E-state index contributed by atoms with van der Waals surface area (Å²) in [5, 5.41) is -0.281. The summed E-state index contributed by atoms with van der Waals surface area (Å²) in [5.41, 5.74) is 4.33. The summed E-state index contributed by atoms with van der Waals surface area (Å²) < 4.78 is 36.6. The molecule has 0 spiro atoms. The predicted molar refractivity (Wildman–Crippen MR) is 46.2 cm³/mol. The highest BCUT2D eigenvalue weighted by Crippen LogP contribution is 2.35. The molecular weight excluding hydrogens is 199 g/mol. The molecule has 1 aromatic carbocycles. The molecule has 1 rings (SSSR count). The molecule has 1 unspecified atom stereocenters. The summed E-state index contributed by atoms with van der Waals surface area (Å²) in [6, 6.07) is 1.53. The fourth-order valence-electron chi connectivity index (χ4n) is 0.810. The van der Waals surface area contributed by atoms with Crippen molar-refractivity contribution in [2.45, 2.75) is 0 Å². The second-order valence-corrected chi connectivity index (χ2v) is 4.98. The number of rotatable bonds is 1. The zero-order valence-electron chi connectivity index (χ0n) is 6.79. The van der Waals surface area contributed by atoms with Crippen LogP contribution >= 0.6 is 7.37 Å². The van der Waals surface area contributed by atoms with Crippen molar-refractivity contribution < 1.29 is 18.2 Å². The van der Waals surface area contributed by atoms with E-state index in [0.717, 1.165) is 18.8 Å². The van der Waals surface area contributed by atoms with E-state index in [4.69, 9.17) is 10.6 Å². The first-order chi connectivity index (χ1) is 5.82. The normalized spacial score (nSPS) is 15.4. The van der Waals surface area contributed by atoms with Crippen molar-refractivity contribution >= 4 is 18.4 Å². The third-order valence-corrected chi connectivity index (χ3v) is 2.76. The molecule has 0 bridgehead atoms. The Labute approximate surface area is 73.6 Å². The van der Waals surface area contributed by atoms with Crippen LogP contribution in [0.2, 0.25) is 0 Å².